The first kappa shape index (κ1) is 10.7. The zero-order valence-corrected chi connectivity index (χ0v) is 9.62. The van der Waals surface area contributed by atoms with Crippen molar-refractivity contribution >= 4 is 27.3 Å². The number of hydrogen-bond acceptors (Lipinski definition) is 3. The minimum atomic E-state index is -0.0947. The number of fused-ring (bicyclic) bond motifs is 1. The average Bonchev–Trinajstić information content (AvgIpc) is 2.71. The van der Waals surface area contributed by atoms with Crippen LogP contribution in [0.2, 0.25) is 0 Å². The van der Waals surface area contributed by atoms with E-state index in [9.17, 15) is 4.79 Å². The monoisotopic (exact) mass is 230 g/mol. The summed E-state index contributed by atoms with van der Waals surface area (Å²) < 4.78 is 1.09. The van der Waals surface area contributed by atoms with Crippen molar-refractivity contribution in [3.05, 3.63) is 35.2 Å². The number of hydrogen-bond donors (Lipinski definition) is 0. The third kappa shape index (κ3) is 1.90. The summed E-state index contributed by atoms with van der Waals surface area (Å²) >= 11 is 1.46. The maximum absolute atomic E-state index is 11.9. The molecule has 1 heterocycles. The first-order chi connectivity index (χ1) is 7.72. The molecule has 0 atom stereocenters. The van der Waals surface area contributed by atoms with E-state index in [1.165, 1.54) is 16.2 Å². The standard InChI is InChI=1S/C12H10N2OS/c1-14(7-6-13)12(15)11-8-9-4-2-3-5-10(9)16-11/h2-5,8H,7H2,1H3. The van der Waals surface area contributed by atoms with Crippen LogP contribution in [-0.2, 0) is 0 Å². The largest absolute Gasteiger partial charge is 0.328 e. The molecule has 0 saturated carbocycles. The lowest BCUT2D eigenvalue weighted by atomic mass is 10.2. The predicted molar refractivity (Wildman–Crippen MR) is 64.4 cm³/mol. The molecule has 2 rings (SSSR count). The molecule has 0 aliphatic carbocycles. The lowest BCUT2D eigenvalue weighted by Crippen LogP contribution is -2.26. The highest BCUT2D eigenvalue weighted by atomic mass is 32.1. The molecule has 3 nitrogen and oxygen atoms in total. The Kier molecular flexibility index (Phi) is 2.88. The van der Waals surface area contributed by atoms with Gasteiger partial charge in [-0.25, -0.2) is 0 Å². The van der Waals surface area contributed by atoms with Crippen LogP contribution >= 0.6 is 11.3 Å². The summed E-state index contributed by atoms with van der Waals surface area (Å²) in [5.41, 5.74) is 0. The summed E-state index contributed by atoms with van der Waals surface area (Å²) in [6.07, 6.45) is 0. The lowest BCUT2D eigenvalue weighted by molar-refractivity contribution is 0.0817. The quantitative estimate of drug-likeness (QED) is 0.744. The van der Waals surface area contributed by atoms with Crippen LogP contribution in [0.25, 0.3) is 10.1 Å². The van der Waals surface area contributed by atoms with Crippen molar-refractivity contribution in [3.8, 4) is 6.07 Å². The van der Waals surface area contributed by atoms with E-state index in [1.807, 2.05) is 36.4 Å². The van der Waals surface area contributed by atoms with E-state index in [-0.39, 0.29) is 12.5 Å². The minimum absolute atomic E-state index is 0.0947. The number of rotatable bonds is 2. The molecule has 0 aliphatic heterocycles. The third-order valence-electron chi connectivity index (χ3n) is 2.29. The molecule has 0 aliphatic rings. The molecule has 80 valence electrons. The third-order valence-corrected chi connectivity index (χ3v) is 3.39. The highest BCUT2D eigenvalue weighted by molar-refractivity contribution is 7.20. The van der Waals surface area contributed by atoms with Gasteiger partial charge in [-0.05, 0) is 17.5 Å². The average molecular weight is 230 g/mol. The van der Waals surface area contributed by atoms with E-state index in [2.05, 4.69) is 0 Å². The van der Waals surface area contributed by atoms with E-state index in [0.29, 0.717) is 4.88 Å². The van der Waals surface area contributed by atoms with E-state index < -0.39 is 0 Å². The lowest BCUT2D eigenvalue weighted by Gasteiger charge is -2.10. The molecule has 4 heteroatoms. The number of nitrogens with zero attached hydrogens (tertiary/aromatic N) is 2. The molecule has 0 spiro atoms. The fraction of sp³-hybridized carbons (Fsp3) is 0.167. The van der Waals surface area contributed by atoms with E-state index >= 15 is 0 Å². The van der Waals surface area contributed by atoms with Crippen LogP contribution in [0.4, 0.5) is 0 Å². The fourth-order valence-corrected chi connectivity index (χ4v) is 2.51. The van der Waals surface area contributed by atoms with Crippen molar-refractivity contribution in [2.75, 3.05) is 13.6 Å². The molecule has 0 fully saturated rings. The SMILES string of the molecule is CN(CC#N)C(=O)c1cc2ccccc2s1. The summed E-state index contributed by atoms with van der Waals surface area (Å²) in [6.45, 7) is 0.118. The van der Waals surface area contributed by atoms with Gasteiger partial charge in [0.2, 0.25) is 0 Å². The molecule has 0 saturated heterocycles. The molecule has 1 aromatic carbocycles. The number of nitriles is 1. The Morgan fingerprint density at radius 1 is 1.50 bits per heavy atom. The Hall–Kier alpha value is -1.86. The molecule has 0 unspecified atom stereocenters. The van der Waals surface area contributed by atoms with E-state index in [1.54, 1.807) is 7.05 Å². The molecule has 1 aromatic heterocycles. The first-order valence-corrected chi connectivity index (χ1v) is 5.65. The van der Waals surface area contributed by atoms with Gasteiger partial charge in [-0.2, -0.15) is 5.26 Å². The van der Waals surface area contributed by atoms with Crippen molar-refractivity contribution in [2.45, 2.75) is 0 Å². The molecule has 0 radical (unpaired) electrons. The number of carbonyl (C=O) groups excluding carboxylic acids is 1. The molecule has 0 bridgehead atoms. The van der Waals surface area contributed by atoms with Gasteiger partial charge in [0.15, 0.2) is 0 Å². The molecule has 1 amide bonds. The summed E-state index contributed by atoms with van der Waals surface area (Å²) in [6, 6.07) is 11.7. The Morgan fingerprint density at radius 3 is 2.94 bits per heavy atom. The first-order valence-electron chi connectivity index (χ1n) is 4.83. The highest BCUT2D eigenvalue weighted by Crippen LogP contribution is 2.25. The highest BCUT2D eigenvalue weighted by Gasteiger charge is 2.13. The van der Waals surface area contributed by atoms with Gasteiger partial charge in [0.25, 0.3) is 5.91 Å². The van der Waals surface area contributed by atoms with Gasteiger partial charge in [-0.1, -0.05) is 18.2 Å². The molecule has 2 aromatic rings. The Balaban J connectivity index is 2.34. The Morgan fingerprint density at radius 2 is 2.25 bits per heavy atom. The second-order valence-corrected chi connectivity index (χ2v) is 4.55. The maximum Gasteiger partial charge on any atom is 0.264 e. The second-order valence-electron chi connectivity index (χ2n) is 3.47. The molecular weight excluding hydrogens is 220 g/mol. The van der Waals surface area contributed by atoms with Gasteiger partial charge in [0.1, 0.15) is 6.54 Å². The van der Waals surface area contributed by atoms with Crippen LogP contribution in [0.15, 0.2) is 30.3 Å². The van der Waals surface area contributed by atoms with Crippen LogP contribution in [0.3, 0.4) is 0 Å². The van der Waals surface area contributed by atoms with E-state index in [0.717, 1.165) is 10.1 Å². The second kappa shape index (κ2) is 4.33. The van der Waals surface area contributed by atoms with Crippen LogP contribution in [0.5, 0.6) is 0 Å². The fourth-order valence-electron chi connectivity index (χ4n) is 1.45. The van der Waals surface area contributed by atoms with Crippen LogP contribution in [0, 0.1) is 11.3 Å². The van der Waals surface area contributed by atoms with Gasteiger partial charge in [0.05, 0.1) is 10.9 Å². The van der Waals surface area contributed by atoms with Crippen molar-refractivity contribution in [3.63, 3.8) is 0 Å². The zero-order valence-electron chi connectivity index (χ0n) is 8.80. The Bertz CT molecular complexity index is 535. The summed E-state index contributed by atoms with van der Waals surface area (Å²) in [5, 5.41) is 9.60. The number of amides is 1. The topological polar surface area (TPSA) is 44.1 Å². The van der Waals surface area contributed by atoms with Crippen molar-refractivity contribution in [1.29, 1.82) is 5.26 Å². The normalized spacial score (nSPS) is 10.0. The Labute approximate surface area is 97.5 Å². The molecule has 0 N–H and O–H groups in total. The van der Waals surface area contributed by atoms with Gasteiger partial charge in [-0.15, -0.1) is 11.3 Å². The van der Waals surface area contributed by atoms with Crippen molar-refractivity contribution in [1.82, 2.24) is 4.90 Å². The number of carbonyl (C=O) groups is 1. The smallest absolute Gasteiger partial charge is 0.264 e. The van der Waals surface area contributed by atoms with Crippen LogP contribution in [0.1, 0.15) is 9.67 Å². The summed E-state index contributed by atoms with van der Waals surface area (Å²) in [4.78, 5) is 14.0. The van der Waals surface area contributed by atoms with Gasteiger partial charge < -0.3 is 4.90 Å². The van der Waals surface area contributed by atoms with Gasteiger partial charge >= 0.3 is 0 Å². The van der Waals surface area contributed by atoms with Crippen LogP contribution in [-0.4, -0.2) is 24.4 Å². The van der Waals surface area contributed by atoms with Crippen molar-refractivity contribution in [2.24, 2.45) is 0 Å². The molecule has 16 heavy (non-hydrogen) atoms. The molecular formula is C12H10N2OS. The zero-order chi connectivity index (χ0) is 11.5. The van der Waals surface area contributed by atoms with Crippen LogP contribution < -0.4 is 0 Å². The van der Waals surface area contributed by atoms with Crippen molar-refractivity contribution < 1.29 is 4.79 Å². The van der Waals surface area contributed by atoms with E-state index in [4.69, 9.17) is 5.26 Å². The number of benzene rings is 1. The maximum atomic E-state index is 11.9. The van der Waals surface area contributed by atoms with Gasteiger partial charge in [-0.3, -0.25) is 4.79 Å². The van der Waals surface area contributed by atoms with Gasteiger partial charge in [0, 0.05) is 11.7 Å². The minimum Gasteiger partial charge on any atom is -0.328 e. The summed E-state index contributed by atoms with van der Waals surface area (Å²) in [5.74, 6) is -0.0947. The summed E-state index contributed by atoms with van der Waals surface area (Å²) in [7, 11) is 1.63. The number of thiophene rings is 1. The predicted octanol–water partition coefficient (Wildman–Crippen LogP) is 2.50.